The van der Waals surface area contributed by atoms with Crippen LogP contribution in [0.2, 0.25) is 0 Å². The third kappa shape index (κ3) is 2.51. The maximum atomic E-state index is 9.55. The van der Waals surface area contributed by atoms with E-state index < -0.39 is 0 Å². The van der Waals surface area contributed by atoms with Crippen LogP contribution in [0, 0.1) is 11.8 Å². The molecule has 3 rings (SSSR count). The summed E-state index contributed by atoms with van der Waals surface area (Å²) in [6.45, 7) is 1.56. The molecule has 3 heteroatoms. The minimum Gasteiger partial charge on any atom is -0.393 e. The molecule has 98 valence electrons. The molecule has 2 aliphatic carbocycles. The molecule has 1 heterocycles. The Labute approximate surface area is 103 Å². The van der Waals surface area contributed by atoms with Crippen LogP contribution in [0.1, 0.15) is 51.4 Å². The lowest BCUT2D eigenvalue weighted by molar-refractivity contribution is -0.185. The quantitative estimate of drug-likeness (QED) is 0.765. The van der Waals surface area contributed by atoms with Crippen LogP contribution in [0.4, 0.5) is 0 Å². The maximum absolute atomic E-state index is 9.55. The molecule has 3 fully saturated rings. The van der Waals surface area contributed by atoms with Gasteiger partial charge in [-0.3, -0.25) is 0 Å². The van der Waals surface area contributed by atoms with Crippen LogP contribution in [0.25, 0.3) is 0 Å². The number of rotatable bonds is 1. The summed E-state index contributed by atoms with van der Waals surface area (Å²) in [4.78, 5) is 0. The van der Waals surface area contributed by atoms with Gasteiger partial charge in [0.05, 0.1) is 19.3 Å². The summed E-state index contributed by atoms with van der Waals surface area (Å²) in [5.41, 5.74) is 0. The van der Waals surface area contributed by atoms with E-state index in [9.17, 15) is 5.11 Å². The molecule has 0 aromatic rings. The smallest absolute Gasteiger partial charge is 0.168 e. The number of hydrogen-bond donors (Lipinski definition) is 1. The Balaban J connectivity index is 1.51. The van der Waals surface area contributed by atoms with Gasteiger partial charge < -0.3 is 14.6 Å². The van der Waals surface area contributed by atoms with Crippen molar-refractivity contribution in [2.24, 2.45) is 11.8 Å². The van der Waals surface area contributed by atoms with E-state index in [1.807, 2.05) is 0 Å². The molecule has 0 amide bonds. The van der Waals surface area contributed by atoms with Gasteiger partial charge in [0.1, 0.15) is 0 Å². The Hall–Kier alpha value is -0.120. The summed E-state index contributed by atoms with van der Waals surface area (Å²) < 4.78 is 11.5. The van der Waals surface area contributed by atoms with Gasteiger partial charge in [0.2, 0.25) is 0 Å². The zero-order chi connectivity index (χ0) is 11.7. The lowest BCUT2D eigenvalue weighted by Crippen LogP contribution is -2.37. The summed E-state index contributed by atoms with van der Waals surface area (Å²) in [5.74, 6) is 1.49. The SMILES string of the molecule is O[C@H]1CC[C@@H](C2CCC3(CC2)OCCO3)CC1. The van der Waals surface area contributed by atoms with Crippen LogP contribution in [0.5, 0.6) is 0 Å². The highest BCUT2D eigenvalue weighted by Crippen LogP contribution is 2.44. The monoisotopic (exact) mass is 240 g/mol. The molecule has 0 atom stereocenters. The van der Waals surface area contributed by atoms with E-state index in [4.69, 9.17) is 9.47 Å². The first-order chi connectivity index (χ1) is 8.27. The third-order valence-corrected chi connectivity index (χ3v) is 5.01. The fourth-order valence-electron chi connectivity index (χ4n) is 3.91. The Kier molecular flexibility index (Phi) is 3.42. The highest BCUT2D eigenvalue weighted by Gasteiger charge is 2.42. The summed E-state index contributed by atoms with van der Waals surface area (Å²) in [6, 6.07) is 0. The van der Waals surface area contributed by atoms with Crippen molar-refractivity contribution >= 4 is 0 Å². The van der Waals surface area contributed by atoms with Gasteiger partial charge in [-0.1, -0.05) is 0 Å². The first kappa shape index (κ1) is 11.9. The van der Waals surface area contributed by atoms with Crippen LogP contribution in [0.3, 0.4) is 0 Å². The highest BCUT2D eigenvalue weighted by molar-refractivity contribution is 4.86. The van der Waals surface area contributed by atoms with Crippen molar-refractivity contribution in [3.05, 3.63) is 0 Å². The second-order valence-corrected chi connectivity index (χ2v) is 6.01. The largest absolute Gasteiger partial charge is 0.393 e. The maximum Gasteiger partial charge on any atom is 0.168 e. The van der Waals surface area contributed by atoms with Crippen LogP contribution in [-0.4, -0.2) is 30.2 Å². The van der Waals surface area contributed by atoms with E-state index in [1.54, 1.807) is 0 Å². The van der Waals surface area contributed by atoms with Gasteiger partial charge in [0.25, 0.3) is 0 Å². The molecule has 0 aromatic carbocycles. The summed E-state index contributed by atoms with van der Waals surface area (Å²) >= 11 is 0. The molecule has 2 saturated carbocycles. The van der Waals surface area contributed by atoms with Crippen molar-refractivity contribution in [2.45, 2.75) is 63.3 Å². The van der Waals surface area contributed by atoms with Gasteiger partial charge in [0, 0.05) is 12.8 Å². The molecule has 0 bridgehead atoms. The lowest BCUT2D eigenvalue weighted by atomic mass is 9.71. The number of hydrogen-bond acceptors (Lipinski definition) is 3. The lowest BCUT2D eigenvalue weighted by Gasteiger charge is -2.40. The average Bonchev–Trinajstić information content (AvgIpc) is 2.80. The molecular formula is C14H24O3. The first-order valence-electron chi connectivity index (χ1n) is 7.23. The number of aliphatic hydroxyl groups is 1. The first-order valence-corrected chi connectivity index (χ1v) is 7.23. The van der Waals surface area contributed by atoms with Crippen molar-refractivity contribution in [3.63, 3.8) is 0 Å². The molecular weight excluding hydrogens is 216 g/mol. The van der Waals surface area contributed by atoms with Gasteiger partial charge in [-0.15, -0.1) is 0 Å². The van der Waals surface area contributed by atoms with E-state index >= 15 is 0 Å². The second-order valence-electron chi connectivity index (χ2n) is 6.01. The number of ether oxygens (including phenoxy) is 2. The summed E-state index contributed by atoms with van der Waals surface area (Å²) in [5, 5.41) is 9.55. The van der Waals surface area contributed by atoms with E-state index in [1.165, 1.54) is 25.7 Å². The molecule has 17 heavy (non-hydrogen) atoms. The van der Waals surface area contributed by atoms with Crippen molar-refractivity contribution in [1.82, 2.24) is 0 Å². The Morgan fingerprint density at radius 3 is 1.88 bits per heavy atom. The Bertz CT molecular complexity index is 242. The molecule has 3 aliphatic rings. The molecule has 1 N–H and O–H groups in total. The average molecular weight is 240 g/mol. The molecule has 1 aliphatic heterocycles. The standard InChI is InChI=1S/C14H24O3/c15-13-3-1-11(2-4-13)12-5-7-14(8-6-12)16-9-10-17-14/h11-13,15H,1-10H2/t11-,13+. The van der Waals surface area contributed by atoms with Crippen LogP contribution < -0.4 is 0 Å². The minimum atomic E-state index is -0.204. The van der Waals surface area contributed by atoms with Crippen molar-refractivity contribution < 1.29 is 14.6 Å². The van der Waals surface area contributed by atoms with Gasteiger partial charge in [0.15, 0.2) is 5.79 Å². The highest BCUT2D eigenvalue weighted by atomic mass is 16.7. The molecule has 0 unspecified atom stereocenters. The molecule has 3 nitrogen and oxygen atoms in total. The molecule has 1 spiro atoms. The van der Waals surface area contributed by atoms with E-state index in [-0.39, 0.29) is 11.9 Å². The van der Waals surface area contributed by atoms with Crippen LogP contribution in [-0.2, 0) is 9.47 Å². The second kappa shape index (κ2) is 4.87. The number of aliphatic hydroxyl groups excluding tert-OH is 1. The fraction of sp³-hybridized carbons (Fsp3) is 1.00. The summed E-state index contributed by atoms with van der Waals surface area (Å²) in [7, 11) is 0. The summed E-state index contributed by atoms with van der Waals surface area (Å²) in [6.07, 6.45) is 9.11. The Morgan fingerprint density at radius 1 is 0.765 bits per heavy atom. The van der Waals surface area contributed by atoms with Gasteiger partial charge >= 0.3 is 0 Å². The van der Waals surface area contributed by atoms with E-state index in [2.05, 4.69) is 0 Å². The van der Waals surface area contributed by atoms with Crippen LogP contribution >= 0.6 is 0 Å². The predicted octanol–water partition coefficient (Wildman–Crippen LogP) is 2.47. The van der Waals surface area contributed by atoms with E-state index in [0.29, 0.717) is 0 Å². The zero-order valence-corrected chi connectivity index (χ0v) is 10.6. The van der Waals surface area contributed by atoms with Gasteiger partial charge in [-0.05, 0) is 50.4 Å². The van der Waals surface area contributed by atoms with E-state index in [0.717, 1.165) is 50.7 Å². The minimum absolute atomic E-state index is 0.0253. The third-order valence-electron chi connectivity index (χ3n) is 5.01. The topological polar surface area (TPSA) is 38.7 Å². The van der Waals surface area contributed by atoms with Crippen molar-refractivity contribution in [3.8, 4) is 0 Å². The molecule has 0 radical (unpaired) electrons. The fourth-order valence-corrected chi connectivity index (χ4v) is 3.91. The normalized spacial score (nSPS) is 38.6. The Morgan fingerprint density at radius 2 is 1.29 bits per heavy atom. The van der Waals surface area contributed by atoms with Crippen molar-refractivity contribution in [2.75, 3.05) is 13.2 Å². The van der Waals surface area contributed by atoms with Gasteiger partial charge in [-0.25, -0.2) is 0 Å². The van der Waals surface area contributed by atoms with Crippen LogP contribution in [0.15, 0.2) is 0 Å². The molecule has 1 saturated heterocycles. The van der Waals surface area contributed by atoms with Gasteiger partial charge in [-0.2, -0.15) is 0 Å². The zero-order valence-electron chi connectivity index (χ0n) is 10.6. The molecule has 0 aromatic heterocycles. The van der Waals surface area contributed by atoms with Crippen molar-refractivity contribution in [1.29, 1.82) is 0 Å². The predicted molar refractivity (Wildman–Crippen MR) is 64.6 cm³/mol.